The van der Waals surface area contributed by atoms with Crippen LogP contribution in [0.4, 0.5) is 22.9 Å². The van der Waals surface area contributed by atoms with E-state index in [1.54, 1.807) is 18.1 Å². The SMILES string of the molecule is CC(C)N1c2cc(Nc3cccc(C(=O)N4CCCC4)c3)ncc2N(C)C(=O)C1C. The van der Waals surface area contributed by atoms with Crippen LogP contribution in [0.5, 0.6) is 0 Å². The van der Waals surface area contributed by atoms with E-state index in [1.165, 1.54) is 0 Å². The maximum Gasteiger partial charge on any atom is 0.253 e. The van der Waals surface area contributed by atoms with Crippen LogP contribution in [0.15, 0.2) is 36.5 Å². The molecule has 1 N–H and O–H groups in total. The number of benzene rings is 1. The summed E-state index contributed by atoms with van der Waals surface area (Å²) in [7, 11) is 1.79. The molecular formula is C23H29N5O2. The van der Waals surface area contributed by atoms with Crippen molar-refractivity contribution in [2.24, 2.45) is 0 Å². The van der Waals surface area contributed by atoms with E-state index in [0.717, 1.165) is 43.0 Å². The molecule has 1 fully saturated rings. The fourth-order valence-corrected chi connectivity index (χ4v) is 4.40. The van der Waals surface area contributed by atoms with E-state index in [1.807, 2.05) is 42.2 Å². The molecule has 0 saturated carbocycles. The number of fused-ring (bicyclic) bond motifs is 1. The second-order valence-electron chi connectivity index (χ2n) is 8.34. The zero-order valence-electron chi connectivity index (χ0n) is 18.1. The van der Waals surface area contributed by atoms with Gasteiger partial charge >= 0.3 is 0 Å². The molecule has 4 rings (SSSR count). The lowest BCUT2D eigenvalue weighted by atomic mass is 10.1. The van der Waals surface area contributed by atoms with Crippen molar-refractivity contribution in [3.05, 3.63) is 42.1 Å². The summed E-state index contributed by atoms with van der Waals surface area (Å²) in [4.78, 5) is 35.5. The van der Waals surface area contributed by atoms with E-state index < -0.39 is 0 Å². The molecular weight excluding hydrogens is 378 g/mol. The molecule has 2 aromatic rings. The van der Waals surface area contributed by atoms with Gasteiger partial charge in [0.05, 0.1) is 17.6 Å². The summed E-state index contributed by atoms with van der Waals surface area (Å²) in [5.74, 6) is 0.821. The second kappa shape index (κ2) is 7.97. The smallest absolute Gasteiger partial charge is 0.253 e. The van der Waals surface area contributed by atoms with Gasteiger partial charge in [0, 0.05) is 43.5 Å². The number of rotatable bonds is 4. The zero-order chi connectivity index (χ0) is 21.4. The Morgan fingerprint density at radius 1 is 1.17 bits per heavy atom. The minimum absolute atomic E-state index is 0.0619. The van der Waals surface area contributed by atoms with Crippen LogP contribution >= 0.6 is 0 Å². The van der Waals surface area contributed by atoms with Crippen molar-refractivity contribution in [3.8, 4) is 0 Å². The Morgan fingerprint density at radius 3 is 2.60 bits per heavy atom. The Labute approximate surface area is 177 Å². The molecule has 3 heterocycles. The van der Waals surface area contributed by atoms with E-state index in [4.69, 9.17) is 0 Å². The highest BCUT2D eigenvalue weighted by atomic mass is 16.2. The number of likely N-dealkylation sites (N-methyl/N-ethyl adjacent to an activating group) is 1. The Morgan fingerprint density at radius 2 is 1.90 bits per heavy atom. The first kappa shape index (κ1) is 20.2. The number of hydrogen-bond acceptors (Lipinski definition) is 5. The number of nitrogens with zero attached hydrogens (tertiary/aromatic N) is 4. The number of aromatic nitrogens is 1. The first-order chi connectivity index (χ1) is 14.4. The summed E-state index contributed by atoms with van der Waals surface area (Å²) in [5, 5.41) is 3.33. The van der Waals surface area contributed by atoms with E-state index in [2.05, 4.69) is 29.0 Å². The number of likely N-dealkylation sites (tertiary alicyclic amines) is 1. The summed E-state index contributed by atoms with van der Waals surface area (Å²) < 4.78 is 0. The van der Waals surface area contributed by atoms with E-state index >= 15 is 0 Å². The van der Waals surface area contributed by atoms with Gasteiger partial charge in [0.25, 0.3) is 5.91 Å². The van der Waals surface area contributed by atoms with Crippen LogP contribution in [0, 0.1) is 0 Å². The van der Waals surface area contributed by atoms with Crippen LogP contribution in [0.25, 0.3) is 0 Å². The van der Waals surface area contributed by atoms with Crippen molar-refractivity contribution in [1.82, 2.24) is 9.88 Å². The lowest BCUT2D eigenvalue weighted by Crippen LogP contribution is -2.53. The minimum atomic E-state index is -0.237. The first-order valence-electron chi connectivity index (χ1n) is 10.6. The van der Waals surface area contributed by atoms with Gasteiger partial charge in [0.1, 0.15) is 11.9 Å². The lowest BCUT2D eigenvalue weighted by molar-refractivity contribution is -0.119. The molecule has 30 heavy (non-hydrogen) atoms. The van der Waals surface area contributed by atoms with Crippen molar-refractivity contribution in [2.45, 2.75) is 45.7 Å². The van der Waals surface area contributed by atoms with Gasteiger partial charge < -0.3 is 20.0 Å². The molecule has 1 saturated heterocycles. The Hall–Kier alpha value is -3.09. The molecule has 1 aromatic heterocycles. The zero-order valence-corrected chi connectivity index (χ0v) is 18.1. The summed E-state index contributed by atoms with van der Waals surface area (Å²) in [5.41, 5.74) is 3.27. The Bertz CT molecular complexity index is 968. The molecule has 2 aliphatic heterocycles. The molecule has 0 bridgehead atoms. The standard InChI is InChI=1S/C23H29N5O2/c1-15(2)28-16(3)22(29)26(4)20-14-24-21(13-19(20)28)25-18-9-7-8-17(12-18)23(30)27-10-5-6-11-27/h7-9,12-16H,5-6,10-11H2,1-4H3,(H,24,25). The van der Waals surface area contributed by atoms with Crippen molar-refractivity contribution in [1.29, 1.82) is 0 Å². The van der Waals surface area contributed by atoms with E-state index in [0.29, 0.717) is 11.4 Å². The van der Waals surface area contributed by atoms with Crippen molar-refractivity contribution in [3.63, 3.8) is 0 Å². The Balaban J connectivity index is 1.61. The summed E-state index contributed by atoms with van der Waals surface area (Å²) >= 11 is 0. The topological polar surface area (TPSA) is 68.8 Å². The maximum atomic E-state index is 12.7. The van der Waals surface area contributed by atoms with Crippen molar-refractivity contribution >= 4 is 34.7 Å². The summed E-state index contributed by atoms with van der Waals surface area (Å²) in [6.45, 7) is 7.76. The number of carbonyl (C=O) groups excluding carboxylic acids is 2. The molecule has 158 valence electrons. The monoisotopic (exact) mass is 407 g/mol. The van der Waals surface area contributed by atoms with Gasteiger partial charge in [-0.05, 0) is 51.8 Å². The van der Waals surface area contributed by atoms with Gasteiger partial charge in [-0.1, -0.05) is 6.07 Å². The molecule has 0 spiro atoms. The highest BCUT2D eigenvalue weighted by molar-refractivity contribution is 6.05. The number of carbonyl (C=O) groups is 2. The third-order valence-corrected chi connectivity index (χ3v) is 5.94. The normalized spacial score (nSPS) is 18.8. The summed E-state index contributed by atoms with van der Waals surface area (Å²) in [6.07, 6.45) is 3.88. The van der Waals surface area contributed by atoms with E-state index in [-0.39, 0.29) is 23.9 Å². The lowest BCUT2D eigenvalue weighted by Gasteiger charge is -2.42. The number of anilines is 4. The molecule has 0 aliphatic carbocycles. The van der Waals surface area contributed by atoms with Crippen LogP contribution in [-0.4, -0.2) is 53.9 Å². The van der Waals surface area contributed by atoms with Gasteiger partial charge in [-0.2, -0.15) is 0 Å². The minimum Gasteiger partial charge on any atom is -0.355 e. The van der Waals surface area contributed by atoms with Crippen molar-refractivity contribution < 1.29 is 9.59 Å². The van der Waals surface area contributed by atoms with Crippen LogP contribution in [0.3, 0.4) is 0 Å². The van der Waals surface area contributed by atoms with Gasteiger partial charge in [-0.3, -0.25) is 9.59 Å². The first-order valence-corrected chi connectivity index (χ1v) is 10.6. The Kier molecular flexibility index (Phi) is 5.37. The molecule has 0 radical (unpaired) electrons. The van der Waals surface area contributed by atoms with Gasteiger partial charge in [-0.25, -0.2) is 4.98 Å². The highest BCUT2D eigenvalue weighted by Gasteiger charge is 2.35. The number of hydrogen-bond donors (Lipinski definition) is 1. The predicted octanol–water partition coefficient (Wildman–Crippen LogP) is 3.64. The van der Waals surface area contributed by atoms with Crippen molar-refractivity contribution in [2.75, 3.05) is 35.3 Å². The second-order valence-corrected chi connectivity index (χ2v) is 8.34. The fourth-order valence-electron chi connectivity index (χ4n) is 4.40. The molecule has 2 amide bonds. The quantitative estimate of drug-likeness (QED) is 0.838. The van der Waals surface area contributed by atoms with Gasteiger partial charge in [-0.15, -0.1) is 0 Å². The average Bonchev–Trinajstić information content (AvgIpc) is 3.26. The van der Waals surface area contributed by atoms with Gasteiger partial charge in [0.2, 0.25) is 5.91 Å². The number of amides is 2. The third kappa shape index (κ3) is 3.60. The summed E-state index contributed by atoms with van der Waals surface area (Å²) in [6, 6.07) is 9.46. The predicted molar refractivity (Wildman–Crippen MR) is 120 cm³/mol. The van der Waals surface area contributed by atoms with Crippen LogP contribution in [0.2, 0.25) is 0 Å². The molecule has 2 aliphatic rings. The average molecular weight is 408 g/mol. The highest BCUT2D eigenvalue weighted by Crippen LogP contribution is 2.38. The number of nitrogens with one attached hydrogen (secondary N) is 1. The van der Waals surface area contributed by atoms with Crippen LogP contribution < -0.4 is 15.1 Å². The van der Waals surface area contributed by atoms with Gasteiger partial charge in [0.15, 0.2) is 0 Å². The molecule has 1 unspecified atom stereocenters. The molecule has 1 atom stereocenters. The molecule has 7 nitrogen and oxygen atoms in total. The molecule has 7 heteroatoms. The fraction of sp³-hybridized carbons (Fsp3) is 0.435. The maximum absolute atomic E-state index is 12.7. The largest absolute Gasteiger partial charge is 0.355 e. The van der Waals surface area contributed by atoms with Crippen LogP contribution in [0.1, 0.15) is 44.0 Å². The molecule has 1 aromatic carbocycles. The number of pyridine rings is 1. The third-order valence-electron chi connectivity index (χ3n) is 5.94. The van der Waals surface area contributed by atoms with E-state index in [9.17, 15) is 9.59 Å². The van der Waals surface area contributed by atoms with Crippen LogP contribution in [-0.2, 0) is 4.79 Å².